The monoisotopic (exact) mass is 332 g/mol. The molecule has 0 spiro atoms. The van der Waals surface area contributed by atoms with Crippen molar-refractivity contribution in [2.75, 3.05) is 6.61 Å². The van der Waals surface area contributed by atoms with E-state index < -0.39 is 0 Å². The van der Waals surface area contributed by atoms with Crippen LogP contribution in [0.4, 0.5) is 0 Å². The molecule has 0 aliphatic rings. The average molecular weight is 332 g/mol. The SMILES string of the molecule is CCOC(=O)c1ccn2ccc(OI)nc12. The van der Waals surface area contributed by atoms with E-state index in [-0.39, 0.29) is 5.97 Å². The summed E-state index contributed by atoms with van der Waals surface area (Å²) in [7, 11) is 0. The zero-order valence-electron chi connectivity index (χ0n) is 8.51. The van der Waals surface area contributed by atoms with Crippen molar-refractivity contribution >= 4 is 34.6 Å². The number of aromatic nitrogens is 2. The molecule has 0 aromatic carbocycles. The lowest BCUT2D eigenvalue weighted by atomic mass is 10.3. The van der Waals surface area contributed by atoms with Gasteiger partial charge < -0.3 is 12.2 Å². The summed E-state index contributed by atoms with van der Waals surface area (Å²) in [5.41, 5.74) is 0.977. The van der Waals surface area contributed by atoms with E-state index in [1.54, 1.807) is 58.9 Å². The second kappa shape index (κ2) is 4.69. The van der Waals surface area contributed by atoms with Gasteiger partial charge in [-0.05, 0) is 13.0 Å². The van der Waals surface area contributed by atoms with Gasteiger partial charge in [0.25, 0.3) is 0 Å². The molecule has 0 bridgehead atoms. The summed E-state index contributed by atoms with van der Waals surface area (Å²) in [4.78, 5) is 15.8. The van der Waals surface area contributed by atoms with Gasteiger partial charge in [0, 0.05) is 18.5 Å². The Labute approximate surface area is 106 Å². The summed E-state index contributed by atoms with van der Waals surface area (Å²) in [6.45, 7) is 2.11. The minimum absolute atomic E-state index is 0.346. The van der Waals surface area contributed by atoms with E-state index in [0.29, 0.717) is 23.7 Å². The first kappa shape index (κ1) is 11.2. The third-order valence-electron chi connectivity index (χ3n) is 2.06. The van der Waals surface area contributed by atoms with Gasteiger partial charge in [0.1, 0.15) is 5.56 Å². The normalized spacial score (nSPS) is 10.4. The molecule has 0 unspecified atom stereocenters. The molecule has 0 atom stereocenters. The van der Waals surface area contributed by atoms with E-state index in [2.05, 4.69) is 4.98 Å². The van der Waals surface area contributed by atoms with Crippen molar-refractivity contribution in [3.63, 3.8) is 0 Å². The number of carbonyl (C=O) groups excluding carboxylic acids is 1. The lowest BCUT2D eigenvalue weighted by Crippen LogP contribution is -2.04. The third kappa shape index (κ3) is 1.97. The molecular weight excluding hydrogens is 323 g/mol. The summed E-state index contributed by atoms with van der Waals surface area (Å²) < 4.78 is 11.7. The zero-order valence-corrected chi connectivity index (χ0v) is 10.7. The Morgan fingerprint density at radius 3 is 2.94 bits per heavy atom. The van der Waals surface area contributed by atoms with Gasteiger partial charge in [0.2, 0.25) is 5.88 Å². The van der Waals surface area contributed by atoms with Crippen molar-refractivity contribution in [2.24, 2.45) is 0 Å². The molecule has 2 rings (SSSR count). The van der Waals surface area contributed by atoms with E-state index in [9.17, 15) is 4.79 Å². The summed E-state index contributed by atoms with van der Waals surface area (Å²) in [6.07, 6.45) is 3.53. The predicted molar refractivity (Wildman–Crippen MR) is 65.8 cm³/mol. The fraction of sp³-hybridized carbons (Fsp3) is 0.200. The van der Waals surface area contributed by atoms with Crippen molar-refractivity contribution in [1.29, 1.82) is 0 Å². The Morgan fingerprint density at radius 2 is 2.25 bits per heavy atom. The van der Waals surface area contributed by atoms with Crippen LogP contribution in [0.2, 0.25) is 0 Å². The van der Waals surface area contributed by atoms with Gasteiger partial charge in [0.15, 0.2) is 28.7 Å². The Balaban J connectivity index is 2.49. The standard InChI is InChI=1S/C10H9IN2O3/c1-2-15-10(14)7-3-5-13-6-4-8(16-11)12-9(7)13/h3-6H,2H2,1H3. The first-order chi connectivity index (χ1) is 7.76. The highest BCUT2D eigenvalue weighted by molar-refractivity contribution is 14.1. The maximum atomic E-state index is 11.6. The number of hydrogen-bond donors (Lipinski definition) is 0. The Kier molecular flexibility index (Phi) is 3.28. The van der Waals surface area contributed by atoms with Gasteiger partial charge in [0.05, 0.1) is 6.61 Å². The summed E-state index contributed by atoms with van der Waals surface area (Å²) >= 11 is 1.74. The largest absolute Gasteiger partial charge is 0.462 e. The Bertz CT molecular complexity index is 524. The molecule has 0 N–H and O–H groups in total. The van der Waals surface area contributed by atoms with Crippen molar-refractivity contribution < 1.29 is 12.6 Å². The van der Waals surface area contributed by atoms with E-state index >= 15 is 0 Å². The first-order valence-electron chi connectivity index (χ1n) is 4.69. The number of esters is 1. The molecule has 5 nitrogen and oxygen atoms in total. The van der Waals surface area contributed by atoms with Gasteiger partial charge in [-0.1, -0.05) is 0 Å². The molecule has 0 aliphatic heterocycles. The van der Waals surface area contributed by atoms with Crippen LogP contribution < -0.4 is 3.07 Å². The number of hydrogen-bond acceptors (Lipinski definition) is 4. The second-order valence-corrected chi connectivity index (χ2v) is 3.46. The fourth-order valence-corrected chi connectivity index (χ4v) is 1.62. The summed E-state index contributed by atoms with van der Waals surface area (Å²) in [5.74, 6) is 0.0838. The molecule has 0 saturated carbocycles. The fourth-order valence-electron chi connectivity index (χ4n) is 1.37. The van der Waals surface area contributed by atoms with Crippen LogP contribution >= 0.6 is 23.0 Å². The van der Waals surface area contributed by atoms with Crippen LogP contribution in [0.25, 0.3) is 5.65 Å². The van der Waals surface area contributed by atoms with Gasteiger partial charge in [-0.15, -0.1) is 0 Å². The summed E-state index contributed by atoms with van der Waals surface area (Å²) in [5, 5.41) is 0. The van der Waals surface area contributed by atoms with Gasteiger partial charge in [-0.2, -0.15) is 4.98 Å². The average Bonchev–Trinajstić information content (AvgIpc) is 2.71. The number of halogens is 1. The predicted octanol–water partition coefficient (Wildman–Crippen LogP) is 2.24. The Hall–Kier alpha value is -1.31. The van der Waals surface area contributed by atoms with Gasteiger partial charge in [-0.3, -0.25) is 0 Å². The minimum atomic E-state index is -0.372. The van der Waals surface area contributed by atoms with E-state index in [1.165, 1.54) is 0 Å². The molecule has 0 aliphatic carbocycles. The highest BCUT2D eigenvalue weighted by Crippen LogP contribution is 2.16. The van der Waals surface area contributed by atoms with Crippen molar-refractivity contribution in [1.82, 2.24) is 9.38 Å². The lowest BCUT2D eigenvalue weighted by Gasteiger charge is -2.01. The number of carbonyl (C=O) groups is 1. The summed E-state index contributed by atoms with van der Waals surface area (Å²) in [6, 6.07) is 3.39. The molecule has 6 heteroatoms. The molecule has 2 aromatic heterocycles. The highest BCUT2D eigenvalue weighted by atomic mass is 127. The molecule has 0 amide bonds. The van der Waals surface area contributed by atoms with Crippen LogP contribution in [0.1, 0.15) is 17.3 Å². The smallest absolute Gasteiger partial charge is 0.341 e. The van der Waals surface area contributed by atoms with Crippen LogP contribution in [0.5, 0.6) is 5.88 Å². The van der Waals surface area contributed by atoms with Crippen molar-refractivity contribution in [2.45, 2.75) is 6.92 Å². The maximum absolute atomic E-state index is 11.6. The number of nitrogens with zero attached hydrogens (tertiary/aromatic N) is 2. The van der Waals surface area contributed by atoms with Gasteiger partial charge >= 0.3 is 5.97 Å². The zero-order chi connectivity index (χ0) is 11.5. The molecule has 16 heavy (non-hydrogen) atoms. The molecule has 0 fully saturated rings. The molecule has 2 heterocycles. The minimum Gasteiger partial charge on any atom is -0.462 e. The number of ether oxygens (including phenoxy) is 1. The van der Waals surface area contributed by atoms with E-state index in [1.807, 2.05) is 0 Å². The molecule has 0 radical (unpaired) electrons. The highest BCUT2D eigenvalue weighted by Gasteiger charge is 2.14. The molecular formula is C10H9IN2O3. The lowest BCUT2D eigenvalue weighted by molar-refractivity contribution is 0.0528. The first-order valence-corrected chi connectivity index (χ1v) is 5.57. The number of fused-ring (bicyclic) bond motifs is 1. The maximum Gasteiger partial charge on any atom is 0.341 e. The van der Waals surface area contributed by atoms with Crippen LogP contribution in [0.3, 0.4) is 0 Å². The van der Waals surface area contributed by atoms with E-state index in [4.69, 9.17) is 7.80 Å². The van der Waals surface area contributed by atoms with Crippen LogP contribution in [-0.4, -0.2) is 22.0 Å². The Morgan fingerprint density at radius 1 is 1.50 bits per heavy atom. The topological polar surface area (TPSA) is 52.8 Å². The molecule has 2 aromatic rings. The quantitative estimate of drug-likeness (QED) is 0.639. The van der Waals surface area contributed by atoms with Crippen LogP contribution in [-0.2, 0) is 4.74 Å². The molecule has 0 saturated heterocycles. The number of rotatable bonds is 3. The van der Waals surface area contributed by atoms with E-state index in [0.717, 1.165) is 0 Å². The van der Waals surface area contributed by atoms with Crippen molar-refractivity contribution in [3.05, 3.63) is 30.1 Å². The van der Waals surface area contributed by atoms with Crippen LogP contribution in [0.15, 0.2) is 24.5 Å². The third-order valence-corrected chi connectivity index (χ3v) is 2.51. The van der Waals surface area contributed by atoms with Crippen LogP contribution in [0, 0.1) is 0 Å². The van der Waals surface area contributed by atoms with Gasteiger partial charge in [-0.25, -0.2) is 4.79 Å². The second-order valence-electron chi connectivity index (χ2n) is 3.02. The van der Waals surface area contributed by atoms with Crippen molar-refractivity contribution in [3.8, 4) is 5.88 Å². The molecule has 84 valence electrons.